The van der Waals surface area contributed by atoms with E-state index >= 15 is 0 Å². The number of amides is 2. The van der Waals surface area contributed by atoms with Crippen LogP contribution >= 0.6 is 11.3 Å². The fraction of sp³-hybridized carbons (Fsp3) is 0.353. The third-order valence-electron chi connectivity index (χ3n) is 3.52. The molecule has 0 spiro atoms. The summed E-state index contributed by atoms with van der Waals surface area (Å²) in [6, 6.07) is 9.43. The summed E-state index contributed by atoms with van der Waals surface area (Å²) in [6.45, 7) is 2.69. The summed E-state index contributed by atoms with van der Waals surface area (Å²) in [7, 11) is 1.63. The van der Waals surface area contributed by atoms with Gasteiger partial charge in [-0.3, -0.25) is 0 Å². The zero-order valence-electron chi connectivity index (χ0n) is 13.3. The number of carbonyl (C=O) groups excluding carboxylic acids is 1. The fourth-order valence-electron chi connectivity index (χ4n) is 2.18. The first kappa shape index (κ1) is 17.3. The van der Waals surface area contributed by atoms with E-state index in [-0.39, 0.29) is 12.6 Å². The summed E-state index contributed by atoms with van der Waals surface area (Å²) in [5.74, 6) is 0.817. The van der Waals surface area contributed by atoms with E-state index in [2.05, 4.69) is 10.6 Å². The number of benzene rings is 1. The van der Waals surface area contributed by atoms with Gasteiger partial charge >= 0.3 is 6.03 Å². The van der Waals surface area contributed by atoms with Crippen molar-refractivity contribution in [1.82, 2.24) is 10.6 Å². The Hall–Kier alpha value is -2.05. The molecule has 1 atom stereocenters. The monoisotopic (exact) mass is 334 g/mol. The van der Waals surface area contributed by atoms with Crippen molar-refractivity contribution in [3.8, 4) is 5.75 Å². The van der Waals surface area contributed by atoms with Crippen molar-refractivity contribution in [3.63, 3.8) is 0 Å². The summed E-state index contributed by atoms with van der Waals surface area (Å²) in [4.78, 5) is 12.6. The molecule has 0 aliphatic heterocycles. The molecule has 2 amide bonds. The summed E-state index contributed by atoms with van der Waals surface area (Å²) in [5, 5.41) is 17.5. The highest BCUT2D eigenvalue weighted by molar-refractivity contribution is 7.10. The number of aliphatic hydroxyl groups excluding tert-OH is 1. The quantitative estimate of drug-likeness (QED) is 0.729. The molecule has 0 aliphatic rings. The van der Waals surface area contributed by atoms with Gasteiger partial charge in [0.05, 0.1) is 13.7 Å². The molecule has 1 heterocycles. The molecule has 0 fully saturated rings. The van der Waals surface area contributed by atoms with Gasteiger partial charge in [0.2, 0.25) is 0 Å². The molecule has 6 heteroatoms. The number of methoxy groups -OCH3 is 1. The molecule has 0 saturated heterocycles. The minimum absolute atomic E-state index is 0.204. The largest absolute Gasteiger partial charge is 0.497 e. The molecule has 1 unspecified atom stereocenters. The smallest absolute Gasteiger partial charge is 0.314 e. The maximum Gasteiger partial charge on any atom is 0.314 e. The highest BCUT2D eigenvalue weighted by Crippen LogP contribution is 2.22. The van der Waals surface area contributed by atoms with Gasteiger partial charge in [0.15, 0.2) is 0 Å². The number of hydrogen-bond acceptors (Lipinski definition) is 4. The molecule has 2 rings (SSSR count). The Balaban J connectivity index is 1.67. The zero-order valence-corrected chi connectivity index (χ0v) is 14.2. The fourth-order valence-corrected chi connectivity index (χ4v) is 3.10. The van der Waals surface area contributed by atoms with Crippen LogP contribution in [-0.2, 0) is 6.42 Å². The zero-order chi connectivity index (χ0) is 16.7. The molecule has 5 nitrogen and oxygen atoms in total. The lowest BCUT2D eigenvalue weighted by atomic mass is 10.1. The van der Waals surface area contributed by atoms with Crippen LogP contribution in [0.1, 0.15) is 22.1 Å². The van der Waals surface area contributed by atoms with Crippen LogP contribution in [0.3, 0.4) is 0 Å². The van der Waals surface area contributed by atoms with Gasteiger partial charge in [-0.05, 0) is 48.1 Å². The van der Waals surface area contributed by atoms with Crippen molar-refractivity contribution in [1.29, 1.82) is 0 Å². The Bertz CT molecular complexity index is 625. The van der Waals surface area contributed by atoms with E-state index in [0.29, 0.717) is 6.54 Å². The topological polar surface area (TPSA) is 70.6 Å². The van der Waals surface area contributed by atoms with Crippen LogP contribution in [0.5, 0.6) is 5.75 Å². The lowest BCUT2D eigenvalue weighted by molar-refractivity contribution is 0.176. The molecule has 1 aromatic heterocycles. The van der Waals surface area contributed by atoms with E-state index in [1.807, 2.05) is 42.6 Å². The average Bonchev–Trinajstić information content (AvgIpc) is 2.99. The van der Waals surface area contributed by atoms with Crippen LogP contribution in [0.2, 0.25) is 0 Å². The first-order chi connectivity index (χ1) is 11.1. The molecule has 0 saturated carbocycles. The van der Waals surface area contributed by atoms with E-state index < -0.39 is 6.10 Å². The van der Waals surface area contributed by atoms with Crippen LogP contribution in [-0.4, -0.2) is 31.3 Å². The third-order valence-corrected chi connectivity index (χ3v) is 4.64. The van der Waals surface area contributed by atoms with Crippen molar-refractivity contribution >= 4 is 17.4 Å². The van der Waals surface area contributed by atoms with Gasteiger partial charge < -0.3 is 20.5 Å². The Kier molecular flexibility index (Phi) is 6.43. The molecule has 1 aromatic carbocycles. The van der Waals surface area contributed by atoms with Gasteiger partial charge in [0.1, 0.15) is 11.9 Å². The van der Waals surface area contributed by atoms with Gasteiger partial charge in [0.25, 0.3) is 0 Å². The first-order valence-corrected chi connectivity index (χ1v) is 8.35. The second-order valence-electron chi connectivity index (χ2n) is 5.22. The second kappa shape index (κ2) is 8.55. The number of thiophene rings is 1. The Morgan fingerprint density at radius 1 is 1.26 bits per heavy atom. The Morgan fingerprint density at radius 2 is 2.00 bits per heavy atom. The second-order valence-corrected chi connectivity index (χ2v) is 6.17. The highest BCUT2D eigenvalue weighted by atomic mass is 32.1. The van der Waals surface area contributed by atoms with Crippen LogP contribution in [0.25, 0.3) is 0 Å². The van der Waals surface area contributed by atoms with Gasteiger partial charge in [-0.2, -0.15) is 0 Å². The van der Waals surface area contributed by atoms with Crippen LogP contribution in [0.15, 0.2) is 35.7 Å². The molecule has 0 aliphatic carbocycles. The van der Waals surface area contributed by atoms with Crippen LogP contribution in [0.4, 0.5) is 4.79 Å². The first-order valence-electron chi connectivity index (χ1n) is 7.47. The standard InChI is InChI=1S/C17H22N2O3S/c1-12-8-10-23-16(12)15(20)11-19-17(21)18-9-7-13-3-5-14(22-2)6-4-13/h3-6,8,10,15,20H,7,9,11H2,1-2H3,(H2,18,19,21). The highest BCUT2D eigenvalue weighted by Gasteiger charge is 2.12. The summed E-state index contributed by atoms with van der Waals surface area (Å²) >= 11 is 1.50. The normalized spacial score (nSPS) is 11.8. The molecular weight excluding hydrogens is 312 g/mol. The van der Waals surface area contributed by atoms with E-state index in [4.69, 9.17) is 4.74 Å². The Morgan fingerprint density at radius 3 is 2.61 bits per heavy atom. The molecule has 3 N–H and O–H groups in total. The number of rotatable bonds is 7. The molecule has 124 valence electrons. The number of nitrogens with one attached hydrogen (secondary N) is 2. The van der Waals surface area contributed by atoms with Crippen molar-refractivity contribution in [3.05, 3.63) is 51.7 Å². The Labute approximate surface area is 140 Å². The number of aryl methyl sites for hydroxylation is 1. The van der Waals surface area contributed by atoms with E-state index in [1.54, 1.807) is 7.11 Å². The average molecular weight is 334 g/mol. The van der Waals surface area contributed by atoms with Gasteiger partial charge in [-0.1, -0.05) is 12.1 Å². The number of urea groups is 1. The van der Waals surface area contributed by atoms with Gasteiger partial charge in [-0.25, -0.2) is 4.79 Å². The molecule has 0 bridgehead atoms. The molecule has 0 radical (unpaired) electrons. The van der Waals surface area contributed by atoms with Crippen molar-refractivity contribution < 1.29 is 14.6 Å². The van der Waals surface area contributed by atoms with E-state index in [1.165, 1.54) is 11.3 Å². The minimum Gasteiger partial charge on any atom is -0.497 e. The summed E-state index contributed by atoms with van der Waals surface area (Å²) in [5.41, 5.74) is 2.17. The van der Waals surface area contributed by atoms with Gasteiger partial charge in [0, 0.05) is 11.4 Å². The number of aliphatic hydroxyl groups is 1. The predicted octanol–water partition coefficient (Wildman–Crippen LogP) is 2.64. The number of carbonyl (C=O) groups is 1. The lowest BCUT2D eigenvalue weighted by Crippen LogP contribution is -2.38. The lowest BCUT2D eigenvalue weighted by Gasteiger charge is -2.12. The number of hydrogen-bond donors (Lipinski definition) is 3. The molecular formula is C17H22N2O3S. The summed E-state index contributed by atoms with van der Waals surface area (Å²) in [6.07, 6.45) is 0.0756. The van der Waals surface area contributed by atoms with E-state index in [9.17, 15) is 9.90 Å². The maximum atomic E-state index is 11.7. The van der Waals surface area contributed by atoms with Crippen LogP contribution < -0.4 is 15.4 Å². The SMILES string of the molecule is COc1ccc(CCNC(=O)NCC(O)c2sccc2C)cc1. The summed E-state index contributed by atoms with van der Waals surface area (Å²) < 4.78 is 5.10. The van der Waals surface area contributed by atoms with Crippen molar-refractivity contribution in [2.75, 3.05) is 20.2 Å². The molecule has 2 aromatic rings. The van der Waals surface area contributed by atoms with Crippen molar-refractivity contribution in [2.24, 2.45) is 0 Å². The minimum atomic E-state index is -0.665. The van der Waals surface area contributed by atoms with Crippen LogP contribution in [0, 0.1) is 6.92 Å². The van der Waals surface area contributed by atoms with Gasteiger partial charge in [-0.15, -0.1) is 11.3 Å². The third kappa shape index (κ3) is 5.26. The predicted molar refractivity (Wildman–Crippen MR) is 92.1 cm³/mol. The number of ether oxygens (including phenoxy) is 1. The maximum absolute atomic E-state index is 11.7. The van der Waals surface area contributed by atoms with E-state index in [0.717, 1.165) is 28.2 Å². The van der Waals surface area contributed by atoms with Crippen molar-refractivity contribution in [2.45, 2.75) is 19.4 Å². The molecule has 23 heavy (non-hydrogen) atoms.